The third kappa shape index (κ3) is 3.19. The van der Waals surface area contributed by atoms with Crippen LogP contribution in [0.4, 0.5) is 0 Å². The lowest BCUT2D eigenvalue weighted by molar-refractivity contribution is 0.463. The van der Waals surface area contributed by atoms with Gasteiger partial charge in [0.05, 0.1) is 5.66 Å². The van der Waals surface area contributed by atoms with E-state index in [4.69, 9.17) is 8.39 Å². The van der Waals surface area contributed by atoms with E-state index in [0.29, 0.717) is 5.66 Å². The second-order valence-electron chi connectivity index (χ2n) is 10.4. The molecule has 1 heterocycles. The predicted octanol–water partition coefficient (Wildman–Crippen LogP) is 11.4. The summed E-state index contributed by atoms with van der Waals surface area (Å²) >= 11 is 0. The summed E-state index contributed by atoms with van der Waals surface area (Å²) in [4.78, 5) is 0. The number of benzene rings is 6. The van der Waals surface area contributed by atoms with Gasteiger partial charge in [0.25, 0.3) is 0 Å². The second-order valence-corrected chi connectivity index (χ2v) is 12.0. The van der Waals surface area contributed by atoms with Gasteiger partial charge in [-0.3, -0.25) is 0 Å². The zero-order valence-electron chi connectivity index (χ0n) is 20.6. The maximum atomic E-state index is 7.14. The van der Waals surface area contributed by atoms with Crippen molar-refractivity contribution in [3.63, 3.8) is 0 Å². The van der Waals surface area contributed by atoms with Gasteiger partial charge in [0.15, 0.2) is 11.2 Å². The molecule has 0 unspecified atom stereocenters. The lowest BCUT2D eigenvalue weighted by Gasteiger charge is -2.18. The van der Waals surface area contributed by atoms with Gasteiger partial charge in [-0.2, -0.15) is 0 Å². The van der Waals surface area contributed by atoms with Crippen LogP contribution in [0.5, 0.6) is 0 Å². The van der Waals surface area contributed by atoms with Crippen LogP contribution < -0.4 is 0 Å². The van der Waals surface area contributed by atoms with Crippen molar-refractivity contribution < 1.29 is 8.39 Å². The van der Waals surface area contributed by atoms with Gasteiger partial charge >= 0.3 is 0 Å². The average molecular weight is 499 g/mol. The van der Waals surface area contributed by atoms with Crippen LogP contribution in [0.2, 0.25) is 0 Å². The largest absolute Gasteiger partial charge is 0.418 e. The van der Waals surface area contributed by atoms with Gasteiger partial charge in [-0.05, 0) is 45.2 Å². The predicted molar refractivity (Wildman–Crippen MR) is 158 cm³/mol. The van der Waals surface area contributed by atoms with E-state index in [1.165, 1.54) is 86.0 Å². The molecule has 1 aromatic heterocycles. The van der Waals surface area contributed by atoms with Gasteiger partial charge in [-0.1, -0.05) is 116 Å². The van der Waals surface area contributed by atoms with Gasteiger partial charge in [-0.25, -0.2) is 0 Å². The van der Waals surface area contributed by atoms with E-state index >= 15 is 0 Å². The van der Waals surface area contributed by atoms with Crippen molar-refractivity contribution in [1.82, 2.24) is 0 Å². The Kier molecular flexibility index (Phi) is 4.85. The highest BCUT2D eigenvalue weighted by molar-refractivity contribution is 7.37. The second kappa shape index (κ2) is 8.40. The first-order valence-corrected chi connectivity index (χ1v) is 14.7. The van der Waals surface area contributed by atoms with Crippen LogP contribution in [-0.2, 0) is 0 Å². The molecule has 2 nitrogen and oxygen atoms in total. The highest BCUT2D eigenvalue weighted by atomic mass is 31.1. The summed E-state index contributed by atoms with van der Waals surface area (Å²) in [6, 6.07) is 35.0. The van der Waals surface area contributed by atoms with Crippen LogP contribution in [0.25, 0.3) is 65.0 Å². The first-order valence-electron chi connectivity index (χ1n) is 13.4. The molecule has 3 heteroatoms. The summed E-state index contributed by atoms with van der Waals surface area (Å²) in [5.74, 6) is 0. The molecule has 0 aliphatic heterocycles. The molecule has 0 saturated heterocycles. The molecule has 0 amide bonds. The Bertz CT molecular complexity index is 1890. The fraction of sp³-hybridized carbons (Fsp3) is 0.176. The monoisotopic (exact) mass is 498 g/mol. The van der Waals surface area contributed by atoms with E-state index in [1.54, 1.807) is 0 Å². The molecule has 37 heavy (non-hydrogen) atoms. The third-order valence-electron chi connectivity index (χ3n) is 8.26. The summed E-state index contributed by atoms with van der Waals surface area (Å²) < 4.78 is 14.3. The van der Waals surface area contributed by atoms with Crippen LogP contribution in [0, 0.1) is 0 Å². The fourth-order valence-electron chi connectivity index (χ4n) is 6.54. The SMILES string of the molecule is c1ccc2c(c1)c1ccccc1c1c2op(C2CCCCC2)oc2c3ccccc3c3ccccc3c21. The minimum atomic E-state index is -1.15. The van der Waals surface area contributed by atoms with Crippen molar-refractivity contribution in [3.05, 3.63) is 97.1 Å². The Labute approximate surface area is 216 Å². The highest BCUT2D eigenvalue weighted by Gasteiger charge is 2.24. The number of hydrogen-bond acceptors (Lipinski definition) is 2. The highest BCUT2D eigenvalue weighted by Crippen LogP contribution is 2.53. The molecular formula is C34H27O2P. The third-order valence-corrected chi connectivity index (χ3v) is 10.1. The van der Waals surface area contributed by atoms with Crippen LogP contribution in [0.1, 0.15) is 37.8 Å². The van der Waals surface area contributed by atoms with E-state index in [2.05, 4.69) is 97.1 Å². The van der Waals surface area contributed by atoms with Crippen molar-refractivity contribution in [1.29, 1.82) is 0 Å². The lowest BCUT2D eigenvalue weighted by atomic mass is 9.92. The summed E-state index contributed by atoms with van der Waals surface area (Å²) in [5, 5.41) is 12.1. The molecule has 1 aliphatic carbocycles. The molecule has 0 atom stereocenters. The van der Waals surface area contributed by atoms with E-state index in [0.717, 1.165) is 11.2 Å². The molecule has 7 aromatic rings. The maximum Gasteiger partial charge on any atom is 0.219 e. The van der Waals surface area contributed by atoms with Gasteiger partial charge in [0.1, 0.15) is 0 Å². The first-order chi connectivity index (χ1) is 18.4. The topological polar surface area (TPSA) is 26.3 Å². The normalized spacial score (nSPS) is 14.9. The molecule has 0 N–H and O–H groups in total. The first kappa shape index (κ1) is 21.4. The molecule has 1 fully saturated rings. The van der Waals surface area contributed by atoms with Crippen LogP contribution in [0.3, 0.4) is 0 Å². The molecule has 0 spiro atoms. The molecule has 1 aliphatic rings. The minimum absolute atomic E-state index is 0.443. The smallest absolute Gasteiger partial charge is 0.219 e. The van der Waals surface area contributed by atoms with Gasteiger partial charge in [-0.15, -0.1) is 0 Å². The zero-order chi connectivity index (χ0) is 24.3. The number of rotatable bonds is 1. The van der Waals surface area contributed by atoms with Crippen molar-refractivity contribution in [3.8, 4) is 0 Å². The molecule has 1 saturated carbocycles. The van der Waals surface area contributed by atoms with Crippen molar-refractivity contribution in [2.75, 3.05) is 0 Å². The van der Waals surface area contributed by atoms with E-state index in [-0.39, 0.29) is 0 Å². The molecule has 180 valence electrons. The maximum absolute atomic E-state index is 7.14. The molecule has 0 bridgehead atoms. The Hall–Kier alpha value is -3.74. The Morgan fingerprint density at radius 1 is 0.432 bits per heavy atom. The van der Waals surface area contributed by atoms with Crippen molar-refractivity contribution >= 4 is 73.0 Å². The van der Waals surface area contributed by atoms with E-state index in [9.17, 15) is 0 Å². The van der Waals surface area contributed by atoms with Gasteiger partial charge in [0, 0.05) is 21.5 Å². The zero-order valence-corrected chi connectivity index (χ0v) is 21.5. The van der Waals surface area contributed by atoms with Gasteiger partial charge in [0.2, 0.25) is 8.01 Å². The fourth-order valence-corrected chi connectivity index (χ4v) is 8.40. The number of fused-ring (bicyclic) bond motifs is 13. The molecular weight excluding hydrogens is 471 g/mol. The minimum Gasteiger partial charge on any atom is -0.418 e. The Morgan fingerprint density at radius 3 is 1.22 bits per heavy atom. The van der Waals surface area contributed by atoms with Crippen molar-refractivity contribution in [2.45, 2.75) is 37.8 Å². The Balaban J connectivity index is 1.75. The number of hydrogen-bond donors (Lipinski definition) is 0. The molecule has 6 aromatic carbocycles. The van der Waals surface area contributed by atoms with Crippen LogP contribution in [-0.4, -0.2) is 0 Å². The average Bonchev–Trinajstić information content (AvgIpc) is 3.16. The van der Waals surface area contributed by atoms with Gasteiger partial charge < -0.3 is 8.39 Å². The van der Waals surface area contributed by atoms with E-state index in [1.807, 2.05) is 0 Å². The molecule has 0 radical (unpaired) electrons. The van der Waals surface area contributed by atoms with Crippen LogP contribution >= 0.6 is 8.01 Å². The summed E-state index contributed by atoms with van der Waals surface area (Å²) in [5.41, 5.74) is 2.42. The quantitative estimate of drug-likeness (QED) is 0.210. The lowest BCUT2D eigenvalue weighted by Crippen LogP contribution is -1.97. The summed E-state index contributed by atoms with van der Waals surface area (Å²) in [6.45, 7) is 0. The van der Waals surface area contributed by atoms with E-state index < -0.39 is 8.01 Å². The molecule has 8 rings (SSSR count). The summed E-state index contributed by atoms with van der Waals surface area (Å²) in [7, 11) is -1.15. The van der Waals surface area contributed by atoms with Crippen molar-refractivity contribution in [2.24, 2.45) is 0 Å². The van der Waals surface area contributed by atoms with Crippen LogP contribution in [0.15, 0.2) is 105 Å². The Morgan fingerprint density at radius 2 is 0.784 bits per heavy atom. The summed E-state index contributed by atoms with van der Waals surface area (Å²) in [6.07, 6.45) is 6.18. The standard InChI is InChI=1S/C34H27O2P/c1-2-12-22(13-3-1)37-35-33-29-20-10-6-16-25(29)23-14-4-8-18-27(23)31(33)32-28-19-9-5-15-24(28)26-17-7-11-21-30(26)34(32)36-37/h4-11,14-22H,1-3,12-13H2.